The first-order valence-electron chi connectivity index (χ1n) is 8.32. The van der Waals surface area contributed by atoms with Gasteiger partial charge in [0.15, 0.2) is 0 Å². The molecule has 0 radical (unpaired) electrons. The fourth-order valence-corrected chi connectivity index (χ4v) is 3.16. The Morgan fingerprint density at radius 2 is 1.27 bits per heavy atom. The van der Waals surface area contributed by atoms with Crippen LogP contribution in [0.3, 0.4) is 0 Å². The van der Waals surface area contributed by atoms with E-state index in [1.54, 1.807) is 0 Å². The van der Waals surface area contributed by atoms with Crippen molar-refractivity contribution in [2.75, 3.05) is 0 Å². The number of aromatic nitrogens is 2. The van der Waals surface area contributed by atoms with E-state index < -0.39 is 0 Å². The van der Waals surface area contributed by atoms with Crippen LogP contribution in [0.4, 0.5) is 0 Å². The van der Waals surface area contributed by atoms with E-state index in [4.69, 9.17) is 28.2 Å². The first kappa shape index (κ1) is 16.9. The highest BCUT2D eigenvalue weighted by Crippen LogP contribution is 2.27. The van der Waals surface area contributed by atoms with E-state index in [1.807, 2.05) is 66.7 Å². The van der Waals surface area contributed by atoms with Crippen molar-refractivity contribution in [2.24, 2.45) is 0 Å². The number of hydrogen-bond donors (Lipinski definition) is 0. The van der Waals surface area contributed by atoms with Gasteiger partial charge >= 0.3 is 0 Å². The smallest absolute Gasteiger partial charge is 0.140 e. The molecule has 3 aromatic carbocycles. The van der Waals surface area contributed by atoms with Crippen molar-refractivity contribution < 1.29 is 0 Å². The Hall–Kier alpha value is -2.55. The number of halogens is 2. The predicted octanol–water partition coefficient (Wildman–Crippen LogP) is 6.57. The molecule has 26 heavy (non-hydrogen) atoms. The van der Waals surface area contributed by atoms with E-state index in [2.05, 4.69) is 22.9 Å². The lowest BCUT2D eigenvalue weighted by molar-refractivity contribution is 0.807. The number of nitrogens with zero attached hydrogens (tertiary/aromatic N) is 2. The number of rotatable bonds is 4. The normalized spacial score (nSPS) is 10.8. The molecular formula is C22H16Cl2N2. The largest absolute Gasteiger partial charge is 0.326 e. The van der Waals surface area contributed by atoms with Gasteiger partial charge in [0, 0.05) is 33.9 Å². The molecule has 0 N–H and O–H groups in total. The molecule has 1 aromatic heterocycles. The molecular weight excluding hydrogens is 363 g/mol. The zero-order valence-electron chi connectivity index (χ0n) is 13.9. The van der Waals surface area contributed by atoms with E-state index in [9.17, 15) is 0 Å². The quantitative estimate of drug-likeness (QED) is 0.392. The van der Waals surface area contributed by atoms with E-state index in [0.29, 0.717) is 5.02 Å². The summed E-state index contributed by atoms with van der Waals surface area (Å²) in [6.07, 6.45) is 2.08. The van der Waals surface area contributed by atoms with Crippen molar-refractivity contribution in [3.63, 3.8) is 0 Å². The van der Waals surface area contributed by atoms with Crippen molar-refractivity contribution in [1.82, 2.24) is 9.55 Å². The molecule has 2 nitrogen and oxygen atoms in total. The van der Waals surface area contributed by atoms with Gasteiger partial charge in [-0.15, -0.1) is 0 Å². The Morgan fingerprint density at radius 3 is 1.88 bits per heavy atom. The maximum atomic E-state index is 6.04. The van der Waals surface area contributed by atoms with Gasteiger partial charge in [-0.2, -0.15) is 0 Å². The molecule has 0 unspecified atom stereocenters. The van der Waals surface area contributed by atoms with Crippen LogP contribution >= 0.6 is 23.2 Å². The minimum absolute atomic E-state index is 0.716. The van der Waals surface area contributed by atoms with Crippen LogP contribution in [0.25, 0.3) is 22.6 Å². The van der Waals surface area contributed by atoms with E-state index >= 15 is 0 Å². The van der Waals surface area contributed by atoms with Crippen LogP contribution in [0.1, 0.15) is 5.56 Å². The van der Waals surface area contributed by atoms with Crippen molar-refractivity contribution in [3.8, 4) is 22.6 Å². The highest BCUT2D eigenvalue weighted by atomic mass is 35.5. The SMILES string of the molecule is Clc1ccc(-c2cn(Cc3ccccc3)c(-c3ccc(Cl)cc3)n2)cc1. The molecule has 0 spiro atoms. The summed E-state index contributed by atoms with van der Waals surface area (Å²) in [5, 5.41) is 1.43. The average molecular weight is 379 g/mol. The molecule has 0 amide bonds. The second-order valence-corrected chi connectivity index (χ2v) is 6.95. The second kappa shape index (κ2) is 7.36. The molecule has 0 aliphatic rings. The summed E-state index contributed by atoms with van der Waals surface area (Å²) >= 11 is 12.1. The Labute approximate surface area is 162 Å². The maximum absolute atomic E-state index is 6.04. The molecule has 0 aliphatic heterocycles. The van der Waals surface area contributed by atoms with Crippen LogP contribution in [-0.2, 0) is 6.54 Å². The maximum Gasteiger partial charge on any atom is 0.140 e. The highest BCUT2D eigenvalue weighted by molar-refractivity contribution is 6.30. The monoisotopic (exact) mass is 378 g/mol. The Morgan fingerprint density at radius 1 is 0.692 bits per heavy atom. The van der Waals surface area contributed by atoms with Crippen molar-refractivity contribution in [1.29, 1.82) is 0 Å². The van der Waals surface area contributed by atoms with E-state index in [0.717, 1.165) is 34.2 Å². The first-order chi connectivity index (χ1) is 12.7. The Balaban J connectivity index is 1.79. The van der Waals surface area contributed by atoms with Crippen LogP contribution in [-0.4, -0.2) is 9.55 Å². The van der Waals surface area contributed by atoms with Crippen LogP contribution in [0.15, 0.2) is 85.1 Å². The molecule has 0 aliphatic carbocycles. The van der Waals surface area contributed by atoms with Gasteiger partial charge in [-0.3, -0.25) is 0 Å². The van der Waals surface area contributed by atoms with Crippen LogP contribution in [0, 0.1) is 0 Å². The minimum Gasteiger partial charge on any atom is -0.326 e. The molecule has 0 bridgehead atoms. The fraction of sp³-hybridized carbons (Fsp3) is 0.0455. The van der Waals surface area contributed by atoms with E-state index in [-0.39, 0.29) is 0 Å². The minimum atomic E-state index is 0.716. The summed E-state index contributed by atoms with van der Waals surface area (Å²) in [4.78, 5) is 4.88. The number of benzene rings is 3. The molecule has 4 rings (SSSR count). The van der Waals surface area contributed by atoms with Gasteiger partial charge in [0.1, 0.15) is 5.82 Å². The number of imidazole rings is 1. The van der Waals surface area contributed by atoms with Gasteiger partial charge in [-0.05, 0) is 42.0 Å². The lowest BCUT2D eigenvalue weighted by Crippen LogP contribution is -2.00. The van der Waals surface area contributed by atoms with Crippen molar-refractivity contribution >= 4 is 23.2 Å². The second-order valence-electron chi connectivity index (χ2n) is 6.08. The molecule has 128 valence electrons. The number of hydrogen-bond acceptors (Lipinski definition) is 1. The highest BCUT2D eigenvalue weighted by Gasteiger charge is 2.12. The van der Waals surface area contributed by atoms with Crippen LogP contribution < -0.4 is 0 Å². The zero-order valence-corrected chi connectivity index (χ0v) is 15.5. The van der Waals surface area contributed by atoms with Crippen LogP contribution in [0.5, 0.6) is 0 Å². The lowest BCUT2D eigenvalue weighted by Gasteiger charge is -2.08. The summed E-state index contributed by atoms with van der Waals surface area (Å²) in [6, 6.07) is 25.9. The molecule has 0 saturated heterocycles. The van der Waals surface area contributed by atoms with Gasteiger partial charge in [0.2, 0.25) is 0 Å². The summed E-state index contributed by atoms with van der Waals surface area (Å²) in [6.45, 7) is 0.749. The standard InChI is InChI=1S/C22H16Cl2N2/c23-19-10-6-17(7-11-19)21-15-26(14-16-4-2-1-3-5-16)22(25-21)18-8-12-20(24)13-9-18/h1-13,15H,14H2. The third-order valence-corrected chi connectivity index (χ3v) is 4.72. The predicted molar refractivity (Wildman–Crippen MR) is 109 cm³/mol. The van der Waals surface area contributed by atoms with Gasteiger partial charge in [-0.25, -0.2) is 4.98 Å². The van der Waals surface area contributed by atoms with Gasteiger partial charge in [0.25, 0.3) is 0 Å². The third-order valence-electron chi connectivity index (χ3n) is 4.21. The Bertz CT molecular complexity index is 1000. The summed E-state index contributed by atoms with van der Waals surface area (Å²) in [7, 11) is 0. The average Bonchev–Trinajstić information content (AvgIpc) is 3.07. The van der Waals surface area contributed by atoms with Gasteiger partial charge in [-0.1, -0.05) is 65.7 Å². The summed E-state index contributed by atoms with van der Waals surface area (Å²) in [5.74, 6) is 0.912. The van der Waals surface area contributed by atoms with E-state index in [1.165, 1.54) is 5.56 Å². The molecule has 4 aromatic rings. The van der Waals surface area contributed by atoms with Crippen molar-refractivity contribution in [2.45, 2.75) is 6.54 Å². The Kier molecular flexibility index (Phi) is 4.79. The van der Waals surface area contributed by atoms with Gasteiger partial charge in [0.05, 0.1) is 5.69 Å². The van der Waals surface area contributed by atoms with Gasteiger partial charge < -0.3 is 4.57 Å². The molecule has 0 atom stereocenters. The molecule has 0 saturated carbocycles. The van der Waals surface area contributed by atoms with Crippen LogP contribution in [0.2, 0.25) is 10.0 Å². The fourth-order valence-electron chi connectivity index (χ4n) is 2.91. The topological polar surface area (TPSA) is 17.8 Å². The summed E-state index contributed by atoms with van der Waals surface area (Å²) in [5.41, 5.74) is 4.22. The molecule has 0 fully saturated rings. The third kappa shape index (κ3) is 3.67. The lowest BCUT2D eigenvalue weighted by atomic mass is 10.2. The first-order valence-corrected chi connectivity index (χ1v) is 9.07. The van der Waals surface area contributed by atoms with Crippen molar-refractivity contribution in [3.05, 3.63) is 101 Å². The summed E-state index contributed by atoms with van der Waals surface area (Å²) < 4.78 is 2.17. The molecule has 4 heteroatoms. The molecule has 1 heterocycles. The zero-order chi connectivity index (χ0) is 17.9.